The minimum absolute atomic E-state index is 0.0737. The van der Waals surface area contributed by atoms with Crippen LogP contribution < -0.4 is 0 Å². The van der Waals surface area contributed by atoms with Gasteiger partial charge in [-0.1, -0.05) is 0 Å². The predicted octanol–water partition coefficient (Wildman–Crippen LogP) is 0.907. The second-order valence-corrected chi connectivity index (χ2v) is 3.48. The molecule has 1 rings (SSSR count). The molecule has 0 saturated heterocycles. The first kappa shape index (κ1) is 12.9. The van der Waals surface area contributed by atoms with Crippen molar-refractivity contribution in [2.45, 2.75) is 0 Å². The number of allylic oxidation sites excluding steroid dienone is 4. The van der Waals surface area contributed by atoms with Gasteiger partial charge in [0.25, 0.3) is 11.8 Å². The van der Waals surface area contributed by atoms with Crippen molar-refractivity contribution in [3.8, 4) is 0 Å². The van der Waals surface area contributed by atoms with Gasteiger partial charge < -0.3 is 0 Å². The van der Waals surface area contributed by atoms with Crippen molar-refractivity contribution in [2.24, 2.45) is 9.98 Å². The maximum Gasteiger partial charge on any atom is 0.255 e. The Kier molecular flexibility index (Phi) is 5.21. The van der Waals surface area contributed by atoms with Crippen molar-refractivity contribution in [1.82, 2.24) is 0 Å². The number of carbonyl (C=O) groups excluding carboxylic acids is 2. The van der Waals surface area contributed by atoms with E-state index in [0.717, 1.165) is 0 Å². The highest BCUT2D eigenvalue weighted by Gasteiger charge is 2.03. The van der Waals surface area contributed by atoms with E-state index in [4.69, 9.17) is 0 Å². The number of hydrogen-bond donors (Lipinski definition) is 2. The van der Waals surface area contributed by atoms with Crippen molar-refractivity contribution in [3.05, 3.63) is 24.3 Å². The van der Waals surface area contributed by atoms with Crippen LogP contribution in [-0.2, 0) is 9.59 Å². The number of amides is 2. The van der Waals surface area contributed by atoms with E-state index in [1.807, 2.05) is 0 Å². The molecule has 84 valence electrons. The Labute approximate surface area is 104 Å². The Morgan fingerprint density at radius 2 is 1.19 bits per heavy atom. The Hall–Kier alpha value is -1.14. The fourth-order valence-corrected chi connectivity index (χ4v) is 1.10. The monoisotopic (exact) mass is 254 g/mol. The van der Waals surface area contributed by atoms with Crippen molar-refractivity contribution < 1.29 is 9.59 Å². The molecule has 0 aromatic carbocycles. The lowest BCUT2D eigenvalue weighted by molar-refractivity contribution is -0.116. The van der Waals surface area contributed by atoms with E-state index < -0.39 is 0 Å². The van der Waals surface area contributed by atoms with Crippen molar-refractivity contribution in [1.29, 1.82) is 0 Å². The summed E-state index contributed by atoms with van der Waals surface area (Å²) in [6.07, 6.45) is 6.47. The van der Waals surface area contributed by atoms with Gasteiger partial charge in [-0.2, -0.15) is 25.3 Å². The first-order chi connectivity index (χ1) is 7.65. The standard InChI is InChI=1S/C10H10N2O2S2/c13-9(5-15)11-7-1-2-8(4-3-7)12-10(14)6-16/h1-4,15-16H,5-6H2. The molecule has 2 amide bonds. The fraction of sp³-hybridized carbons (Fsp3) is 0.200. The summed E-state index contributed by atoms with van der Waals surface area (Å²) in [5, 5.41) is 0. The zero-order valence-electron chi connectivity index (χ0n) is 8.33. The molecule has 0 heterocycles. The Bertz CT molecular complexity index is 367. The maximum absolute atomic E-state index is 11.0. The summed E-state index contributed by atoms with van der Waals surface area (Å²) >= 11 is 7.62. The summed E-state index contributed by atoms with van der Waals surface area (Å²) in [4.78, 5) is 29.4. The van der Waals surface area contributed by atoms with Gasteiger partial charge in [0.15, 0.2) is 0 Å². The van der Waals surface area contributed by atoms with E-state index in [1.54, 1.807) is 24.3 Å². The van der Waals surface area contributed by atoms with Crippen molar-refractivity contribution in [3.63, 3.8) is 0 Å². The number of nitrogens with zero attached hydrogens (tertiary/aromatic N) is 2. The van der Waals surface area contributed by atoms with E-state index >= 15 is 0 Å². The third-order valence-electron chi connectivity index (χ3n) is 1.63. The first-order valence-corrected chi connectivity index (χ1v) is 5.73. The second kappa shape index (κ2) is 6.44. The average Bonchev–Trinajstić information content (AvgIpc) is 2.31. The van der Waals surface area contributed by atoms with Crippen LogP contribution in [0, 0.1) is 0 Å². The van der Waals surface area contributed by atoms with Crippen LogP contribution in [0.25, 0.3) is 0 Å². The minimum Gasteiger partial charge on any atom is -0.272 e. The van der Waals surface area contributed by atoms with Crippen LogP contribution >= 0.6 is 25.3 Å². The van der Waals surface area contributed by atoms with Crippen LogP contribution in [0.5, 0.6) is 0 Å². The van der Waals surface area contributed by atoms with Crippen molar-refractivity contribution in [2.75, 3.05) is 11.5 Å². The van der Waals surface area contributed by atoms with Gasteiger partial charge in [0, 0.05) is 0 Å². The molecule has 0 aromatic rings. The largest absolute Gasteiger partial charge is 0.272 e. The SMILES string of the molecule is O=C(CS)N=C1C=CC(=NC(=O)CS)C=C1. The number of carbonyl (C=O) groups is 2. The lowest BCUT2D eigenvalue weighted by atomic mass is 10.1. The molecular weight excluding hydrogens is 244 g/mol. The highest BCUT2D eigenvalue weighted by Crippen LogP contribution is 1.99. The third-order valence-corrected chi connectivity index (χ3v) is 2.17. The molecule has 0 fully saturated rings. The van der Waals surface area contributed by atoms with Gasteiger partial charge in [-0.15, -0.1) is 0 Å². The molecule has 0 unspecified atom stereocenters. The van der Waals surface area contributed by atoms with E-state index in [2.05, 4.69) is 35.2 Å². The molecule has 0 saturated carbocycles. The van der Waals surface area contributed by atoms with E-state index in [1.165, 1.54) is 0 Å². The summed E-state index contributed by atoms with van der Waals surface area (Å²) in [5.41, 5.74) is 1.05. The molecule has 0 bridgehead atoms. The van der Waals surface area contributed by atoms with Crippen LogP contribution in [0.2, 0.25) is 0 Å². The Morgan fingerprint density at radius 1 is 0.875 bits per heavy atom. The third kappa shape index (κ3) is 4.16. The molecule has 0 aliphatic heterocycles. The zero-order valence-corrected chi connectivity index (χ0v) is 10.1. The number of aliphatic imine (C=N–C) groups is 2. The number of rotatable bonds is 2. The molecule has 0 radical (unpaired) electrons. The molecule has 1 aliphatic rings. The lowest BCUT2D eigenvalue weighted by Crippen LogP contribution is -2.06. The molecular formula is C10H10N2O2S2. The molecule has 0 N–H and O–H groups in total. The van der Waals surface area contributed by atoms with Gasteiger partial charge in [0.05, 0.1) is 22.9 Å². The predicted molar refractivity (Wildman–Crippen MR) is 70.9 cm³/mol. The summed E-state index contributed by atoms with van der Waals surface area (Å²) in [5.74, 6) is -0.465. The summed E-state index contributed by atoms with van der Waals surface area (Å²) in [6, 6.07) is 0. The first-order valence-electron chi connectivity index (χ1n) is 4.46. The Morgan fingerprint density at radius 3 is 1.44 bits per heavy atom. The van der Waals surface area contributed by atoms with Crippen LogP contribution in [0.1, 0.15) is 0 Å². The molecule has 1 aliphatic carbocycles. The molecule has 0 atom stereocenters. The summed E-state index contributed by atoms with van der Waals surface area (Å²) in [7, 11) is 0. The van der Waals surface area contributed by atoms with Gasteiger partial charge >= 0.3 is 0 Å². The highest BCUT2D eigenvalue weighted by molar-refractivity contribution is 7.81. The van der Waals surface area contributed by atoms with E-state index in [0.29, 0.717) is 11.4 Å². The molecule has 0 aromatic heterocycles. The van der Waals surface area contributed by atoms with Crippen LogP contribution in [0.3, 0.4) is 0 Å². The smallest absolute Gasteiger partial charge is 0.255 e. The minimum atomic E-state index is -0.306. The van der Waals surface area contributed by atoms with Gasteiger partial charge in [0.2, 0.25) is 0 Å². The highest BCUT2D eigenvalue weighted by atomic mass is 32.1. The summed E-state index contributed by atoms with van der Waals surface area (Å²) < 4.78 is 0. The van der Waals surface area contributed by atoms with Crippen molar-refractivity contribution >= 4 is 48.5 Å². The number of thiol groups is 2. The average molecular weight is 254 g/mol. The van der Waals surface area contributed by atoms with Gasteiger partial charge in [-0.25, -0.2) is 9.98 Å². The quantitative estimate of drug-likeness (QED) is 0.568. The fourth-order valence-electron chi connectivity index (χ4n) is 0.960. The normalized spacial score (nSPS) is 13.9. The van der Waals surface area contributed by atoms with E-state index in [9.17, 15) is 9.59 Å². The van der Waals surface area contributed by atoms with Gasteiger partial charge in [0.1, 0.15) is 0 Å². The van der Waals surface area contributed by atoms with Gasteiger partial charge in [-0.05, 0) is 24.3 Å². The topological polar surface area (TPSA) is 58.9 Å². The maximum atomic E-state index is 11.0. The zero-order chi connectivity index (χ0) is 12.0. The molecule has 0 spiro atoms. The molecule has 16 heavy (non-hydrogen) atoms. The van der Waals surface area contributed by atoms with Crippen LogP contribution in [-0.4, -0.2) is 34.7 Å². The van der Waals surface area contributed by atoms with Crippen LogP contribution in [0.4, 0.5) is 0 Å². The lowest BCUT2D eigenvalue weighted by Gasteiger charge is -2.00. The van der Waals surface area contributed by atoms with Crippen LogP contribution in [0.15, 0.2) is 34.3 Å². The number of hydrogen-bond acceptors (Lipinski definition) is 4. The van der Waals surface area contributed by atoms with Gasteiger partial charge in [-0.3, -0.25) is 9.59 Å². The van der Waals surface area contributed by atoms with E-state index in [-0.39, 0.29) is 23.3 Å². The molecule has 6 heteroatoms. The second-order valence-electron chi connectivity index (χ2n) is 2.84. The molecule has 4 nitrogen and oxygen atoms in total. The summed E-state index contributed by atoms with van der Waals surface area (Å²) in [6.45, 7) is 0. The Balaban J connectivity index is 2.73.